The van der Waals surface area contributed by atoms with E-state index in [1.54, 1.807) is 0 Å². The molecule has 0 radical (unpaired) electrons. The third kappa shape index (κ3) is 11.6. The van der Waals surface area contributed by atoms with Gasteiger partial charge in [0.05, 0.1) is 11.9 Å². The van der Waals surface area contributed by atoms with Gasteiger partial charge in [-0.15, -0.1) is 0 Å². The van der Waals surface area contributed by atoms with E-state index in [1.165, 1.54) is 33.4 Å². The van der Waals surface area contributed by atoms with Gasteiger partial charge in [-0.05, 0) is 81.8 Å². The molecule has 2 aliphatic carbocycles. The van der Waals surface area contributed by atoms with Gasteiger partial charge >= 0.3 is 0 Å². The molecule has 0 bridgehead atoms. The Bertz CT molecular complexity index is 1270. The molecular formula is C40H56O2. The molecular weight excluding hydrogens is 512 g/mol. The molecule has 0 amide bonds. The smallest absolute Gasteiger partial charge is 0.0891 e. The van der Waals surface area contributed by atoms with Crippen molar-refractivity contribution in [3.8, 4) is 0 Å². The molecule has 0 spiro atoms. The number of aliphatic hydroxyl groups excluding tert-OH is 2. The van der Waals surface area contributed by atoms with E-state index in [4.69, 9.17) is 0 Å². The van der Waals surface area contributed by atoms with Crippen LogP contribution in [-0.2, 0) is 0 Å². The van der Waals surface area contributed by atoms with Crippen LogP contribution in [0.5, 0.6) is 0 Å². The summed E-state index contributed by atoms with van der Waals surface area (Å²) in [6.07, 6.45) is 34.1. The maximum Gasteiger partial charge on any atom is 0.0891 e. The van der Waals surface area contributed by atoms with E-state index < -0.39 is 0 Å². The van der Waals surface area contributed by atoms with Crippen molar-refractivity contribution in [2.75, 3.05) is 0 Å². The fourth-order valence-corrected chi connectivity index (χ4v) is 6.20. The molecule has 2 aliphatic rings. The van der Waals surface area contributed by atoms with Crippen molar-refractivity contribution in [1.29, 1.82) is 0 Å². The van der Waals surface area contributed by atoms with Crippen LogP contribution >= 0.6 is 0 Å². The molecule has 0 aromatic heterocycles. The first-order valence-corrected chi connectivity index (χ1v) is 15.5. The Kier molecular flexibility index (Phi) is 13.3. The number of allylic oxidation sites excluding steroid dienone is 21. The van der Waals surface area contributed by atoms with Gasteiger partial charge in [0.2, 0.25) is 0 Å². The summed E-state index contributed by atoms with van der Waals surface area (Å²) in [5.74, 6) is 1.36. The molecule has 0 saturated carbocycles. The van der Waals surface area contributed by atoms with E-state index >= 15 is 0 Å². The van der Waals surface area contributed by atoms with Crippen molar-refractivity contribution in [2.45, 2.75) is 94.6 Å². The SMILES string of the molecule is CC1=C(/C=C/C(C)=C/C=C/C(C)=C/C=C\C=C(C)\C=C\C=C(C)\C=C\C2C(C)CC(O)=CC2(C)C)C(C)(C)CC(O)C1. The standard InChI is InChI=1S/C40H56O2/c1-29(17-13-19-31(3)21-23-37-33(5)25-35(41)27-39(37,7)8)15-11-12-16-30(2)18-14-20-32(4)22-24-38-34(6)26-36(42)28-40(38,9)10/h11-24,27,33,36-37,41-42H,25-26,28H2,1-10H3/b12-11-,17-13+,18-14+,23-21+,24-22+,29-15+,30-16+,31-19+,32-20+. The molecule has 228 valence electrons. The van der Waals surface area contributed by atoms with Crippen LogP contribution in [0, 0.1) is 22.7 Å². The third-order valence-corrected chi connectivity index (χ3v) is 8.36. The molecule has 2 heteroatoms. The number of hydrogen-bond donors (Lipinski definition) is 2. The summed E-state index contributed by atoms with van der Waals surface area (Å²) in [5.41, 5.74) is 7.40. The molecule has 3 atom stereocenters. The first-order chi connectivity index (χ1) is 19.6. The first kappa shape index (κ1) is 35.1. The van der Waals surface area contributed by atoms with Gasteiger partial charge in [0.15, 0.2) is 0 Å². The second-order valence-electron chi connectivity index (χ2n) is 13.7. The Morgan fingerprint density at radius 2 is 1.26 bits per heavy atom. The lowest BCUT2D eigenvalue weighted by Crippen LogP contribution is -2.30. The highest BCUT2D eigenvalue weighted by Gasteiger charge is 2.34. The van der Waals surface area contributed by atoms with Crippen molar-refractivity contribution in [3.63, 3.8) is 0 Å². The van der Waals surface area contributed by atoms with Gasteiger partial charge in [0.1, 0.15) is 0 Å². The average molecular weight is 569 g/mol. The van der Waals surface area contributed by atoms with Gasteiger partial charge in [0.25, 0.3) is 0 Å². The summed E-state index contributed by atoms with van der Waals surface area (Å²) in [5, 5.41) is 20.1. The van der Waals surface area contributed by atoms with E-state index in [1.807, 2.05) is 6.08 Å². The maximum absolute atomic E-state index is 10.1. The minimum atomic E-state index is -0.227. The molecule has 0 aromatic rings. The predicted molar refractivity (Wildman–Crippen MR) is 184 cm³/mol. The second kappa shape index (κ2) is 15.9. The molecule has 0 aliphatic heterocycles. The van der Waals surface area contributed by atoms with E-state index in [2.05, 4.69) is 154 Å². The van der Waals surface area contributed by atoms with Crippen LogP contribution in [-0.4, -0.2) is 16.3 Å². The van der Waals surface area contributed by atoms with Crippen LogP contribution in [0.15, 0.2) is 130 Å². The minimum Gasteiger partial charge on any atom is -0.513 e. The number of aliphatic hydroxyl groups is 2. The van der Waals surface area contributed by atoms with Gasteiger partial charge < -0.3 is 10.2 Å². The topological polar surface area (TPSA) is 40.5 Å². The second-order valence-corrected chi connectivity index (χ2v) is 13.7. The highest BCUT2D eigenvalue weighted by atomic mass is 16.3. The molecule has 3 unspecified atom stereocenters. The zero-order valence-corrected chi connectivity index (χ0v) is 27.9. The van der Waals surface area contributed by atoms with Crippen molar-refractivity contribution in [1.82, 2.24) is 0 Å². The van der Waals surface area contributed by atoms with E-state index in [9.17, 15) is 10.2 Å². The lowest BCUT2D eigenvalue weighted by Gasteiger charge is -2.38. The summed E-state index contributed by atoms with van der Waals surface area (Å²) < 4.78 is 0. The van der Waals surface area contributed by atoms with E-state index in [-0.39, 0.29) is 16.9 Å². The fourth-order valence-electron chi connectivity index (χ4n) is 6.20. The summed E-state index contributed by atoms with van der Waals surface area (Å²) in [6, 6.07) is 0. The van der Waals surface area contributed by atoms with Crippen LogP contribution in [0.25, 0.3) is 0 Å². The highest BCUT2D eigenvalue weighted by molar-refractivity contribution is 5.38. The average Bonchev–Trinajstić information content (AvgIpc) is 2.84. The Balaban J connectivity index is 1.89. The van der Waals surface area contributed by atoms with Crippen LogP contribution in [0.3, 0.4) is 0 Å². The lowest BCUT2D eigenvalue weighted by atomic mass is 9.67. The summed E-state index contributed by atoms with van der Waals surface area (Å²) >= 11 is 0. The van der Waals surface area contributed by atoms with Crippen molar-refractivity contribution in [2.24, 2.45) is 22.7 Å². The number of rotatable bonds is 10. The minimum absolute atomic E-state index is 0.00539. The predicted octanol–water partition coefficient (Wildman–Crippen LogP) is 11.2. The molecule has 2 nitrogen and oxygen atoms in total. The molecule has 0 heterocycles. The maximum atomic E-state index is 10.1. The molecule has 2 rings (SSSR count). The largest absolute Gasteiger partial charge is 0.513 e. The van der Waals surface area contributed by atoms with Crippen LogP contribution in [0.4, 0.5) is 0 Å². The summed E-state index contributed by atoms with van der Waals surface area (Å²) in [4.78, 5) is 0. The third-order valence-electron chi connectivity index (χ3n) is 8.36. The van der Waals surface area contributed by atoms with Crippen LogP contribution < -0.4 is 0 Å². The number of hydrogen-bond acceptors (Lipinski definition) is 2. The van der Waals surface area contributed by atoms with Crippen molar-refractivity contribution < 1.29 is 10.2 Å². The van der Waals surface area contributed by atoms with Crippen molar-refractivity contribution in [3.05, 3.63) is 130 Å². The quantitative estimate of drug-likeness (QED) is 0.257. The Hall–Kier alpha value is -3.10. The zero-order chi connectivity index (χ0) is 31.5. The molecule has 0 fully saturated rings. The van der Waals surface area contributed by atoms with Gasteiger partial charge in [-0.3, -0.25) is 0 Å². The van der Waals surface area contributed by atoms with Gasteiger partial charge in [0, 0.05) is 6.42 Å². The Morgan fingerprint density at radius 1 is 0.762 bits per heavy atom. The Labute approximate surface area is 257 Å². The summed E-state index contributed by atoms with van der Waals surface area (Å²) in [6.45, 7) is 21.7. The van der Waals surface area contributed by atoms with Crippen LogP contribution in [0.2, 0.25) is 0 Å². The lowest BCUT2D eigenvalue weighted by molar-refractivity contribution is 0.116. The highest BCUT2D eigenvalue weighted by Crippen LogP contribution is 2.43. The van der Waals surface area contributed by atoms with Gasteiger partial charge in [-0.2, -0.15) is 0 Å². The first-order valence-electron chi connectivity index (χ1n) is 15.5. The van der Waals surface area contributed by atoms with E-state index in [0.717, 1.165) is 19.3 Å². The summed E-state index contributed by atoms with van der Waals surface area (Å²) in [7, 11) is 0. The molecule has 0 aromatic carbocycles. The monoisotopic (exact) mass is 568 g/mol. The van der Waals surface area contributed by atoms with Crippen LogP contribution in [0.1, 0.15) is 88.5 Å². The van der Waals surface area contributed by atoms with E-state index in [0.29, 0.717) is 17.6 Å². The molecule has 2 N–H and O–H groups in total. The molecule has 42 heavy (non-hydrogen) atoms. The van der Waals surface area contributed by atoms with Gasteiger partial charge in [-0.25, -0.2) is 0 Å². The van der Waals surface area contributed by atoms with Crippen molar-refractivity contribution >= 4 is 0 Å². The fraction of sp³-hybridized carbons (Fsp3) is 0.450. The zero-order valence-electron chi connectivity index (χ0n) is 27.9. The van der Waals surface area contributed by atoms with Gasteiger partial charge in [-0.1, -0.05) is 148 Å². The Morgan fingerprint density at radius 3 is 1.79 bits per heavy atom. The normalized spacial score (nSPS) is 26.5. The molecule has 0 saturated heterocycles.